The minimum absolute atomic E-state index is 0.206. The van der Waals surface area contributed by atoms with E-state index in [0.717, 1.165) is 24.5 Å². The number of hydrogen-bond acceptors (Lipinski definition) is 6. The van der Waals surface area contributed by atoms with Crippen LogP contribution < -0.4 is 9.80 Å². The summed E-state index contributed by atoms with van der Waals surface area (Å²) in [5.41, 5.74) is 2.84. The lowest BCUT2D eigenvalue weighted by Crippen LogP contribution is -2.21. The monoisotopic (exact) mass is 410 g/mol. The fraction of sp³-hybridized carbons (Fsp3) is 0.417. The number of aromatic hydroxyl groups is 2. The van der Waals surface area contributed by atoms with Crippen molar-refractivity contribution in [1.82, 2.24) is 0 Å². The number of aliphatic imine (C=N–C) groups is 2. The first kappa shape index (κ1) is 23.3. The standard InChI is InChI=1S/C24H34N4O2/c1-7-27(5)20-11-9-18(22(29)13-20)15-25-17-24(3,4)26-16-19-10-12-21(14-23(19)30)28(6)8-2/h9-16,29-30H,7-8,17H2,1-6H3. The van der Waals surface area contributed by atoms with E-state index in [0.29, 0.717) is 17.7 Å². The molecule has 6 heteroatoms. The summed E-state index contributed by atoms with van der Waals surface area (Å²) >= 11 is 0. The van der Waals surface area contributed by atoms with Gasteiger partial charge in [0.25, 0.3) is 0 Å². The van der Waals surface area contributed by atoms with E-state index >= 15 is 0 Å². The molecule has 0 saturated carbocycles. The molecule has 30 heavy (non-hydrogen) atoms. The third kappa shape index (κ3) is 6.24. The normalized spacial score (nSPS) is 12.1. The summed E-state index contributed by atoms with van der Waals surface area (Å²) in [7, 11) is 3.97. The van der Waals surface area contributed by atoms with E-state index in [1.54, 1.807) is 24.6 Å². The SMILES string of the molecule is CCN(C)c1ccc(C=NCC(C)(C)N=Cc2ccc(N(C)CC)cc2O)c(O)c1. The van der Waals surface area contributed by atoms with Crippen molar-refractivity contribution < 1.29 is 10.2 Å². The Kier molecular flexibility index (Phi) is 7.86. The largest absolute Gasteiger partial charge is 0.507 e. The molecule has 0 aliphatic carbocycles. The highest BCUT2D eigenvalue weighted by Gasteiger charge is 2.15. The molecule has 0 bridgehead atoms. The van der Waals surface area contributed by atoms with Gasteiger partial charge in [-0.15, -0.1) is 0 Å². The highest BCUT2D eigenvalue weighted by Crippen LogP contribution is 2.24. The van der Waals surface area contributed by atoms with E-state index in [1.807, 2.05) is 52.2 Å². The van der Waals surface area contributed by atoms with E-state index < -0.39 is 5.54 Å². The number of benzene rings is 2. The summed E-state index contributed by atoms with van der Waals surface area (Å²) in [6.45, 7) is 10.3. The van der Waals surface area contributed by atoms with Crippen molar-refractivity contribution in [2.75, 3.05) is 43.5 Å². The number of nitrogens with zero attached hydrogens (tertiary/aromatic N) is 4. The van der Waals surface area contributed by atoms with Crippen LogP contribution in [-0.2, 0) is 0 Å². The first-order valence-corrected chi connectivity index (χ1v) is 10.3. The highest BCUT2D eigenvalue weighted by atomic mass is 16.3. The van der Waals surface area contributed by atoms with Gasteiger partial charge in [-0.25, -0.2) is 0 Å². The molecule has 0 spiro atoms. The van der Waals surface area contributed by atoms with Gasteiger partial charge in [0.05, 0.1) is 12.1 Å². The maximum Gasteiger partial charge on any atom is 0.126 e. The molecule has 0 radical (unpaired) electrons. The van der Waals surface area contributed by atoms with Crippen LogP contribution in [0, 0.1) is 0 Å². The number of anilines is 2. The molecule has 0 fully saturated rings. The molecule has 0 heterocycles. The molecule has 2 rings (SSSR count). The third-order valence-electron chi connectivity index (χ3n) is 5.12. The zero-order valence-electron chi connectivity index (χ0n) is 18.9. The van der Waals surface area contributed by atoms with Crippen LogP contribution in [0.25, 0.3) is 0 Å². The van der Waals surface area contributed by atoms with Gasteiger partial charge >= 0.3 is 0 Å². The summed E-state index contributed by atoms with van der Waals surface area (Å²) in [4.78, 5) is 13.2. The molecular weight excluding hydrogens is 376 g/mol. The molecule has 0 saturated heterocycles. The van der Waals surface area contributed by atoms with Gasteiger partial charge in [0.15, 0.2) is 0 Å². The Balaban J connectivity index is 2.05. The second-order valence-electron chi connectivity index (χ2n) is 8.06. The van der Waals surface area contributed by atoms with Crippen LogP contribution in [0.3, 0.4) is 0 Å². The van der Waals surface area contributed by atoms with Gasteiger partial charge < -0.3 is 20.0 Å². The minimum atomic E-state index is -0.445. The highest BCUT2D eigenvalue weighted by molar-refractivity contribution is 5.85. The van der Waals surface area contributed by atoms with Crippen molar-refractivity contribution in [2.24, 2.45) is 9.98 Å². The maximum atomic E-state index is 10.3. The lowest BCUT2D eigenvalue weighted by atomic mass is 10.1. The van der Waals surface area contributed by atoms with E-state index in [4.69, 9.17) is 0 Å². The molecule has 6 nitrogen and oxygen atoms in total. The first-order valence-electron chi connectivity index (χ1n) is 10.3. The Bertz CT molecular complexity index is 906. The summed E-state index contributed by atoms with van der Waals surface area (Å²) in [6, 6.07) is 11.2. The summed E-state index contributed by atoms with van der Waals surface area (Å²) in [5, 5.41) is 20.5. The summed E-state index contributed by atoms with van der Waals surface area (Å²) < 4.78 is 0. The topological polar surface area (TPSA) is 71.7 Å². The summed E-state index contributed by atoms with van der Waals surface area (Å²) in [6.07, 6.45) is 3.36. The van der Waals surface area contributed by atoms with Crippen LogP contribution in [0.5, 0.6) is 11.5 Å². The van der Waals surface area contributed by atoms with Crippen LogP contribution >= 0.6 is 0 Å². The number of rotatable bonds is 9. The van der Waals surface area contributed by atoms with E-state index in [-0.39, 0.29) is 11.5 Å². The molecule has 2 N–H and O–H groups in total. The van der Waals surface area contributed by atoms with Crippen molar-refractivity contribution in [2.45, 2.75) is 33.2 Å². The lowest BCUT2D eigenvalue weighted by Gasteiger charge is -2.18. The minimum Gasteiger partial charge on any atom is -0.507 e. The molecule has 0 amide bonds. The van der Waals surface area contributed by atoms with Gasteiger partial charge in [-0.2, -0.15) is 0 Å². The van der Waals surface area contributed by atoms with Crippen molar-refractivity contribution >= 4 is 23.8 Å². The number of phenols is 2. The molecule has 2 aromatic carbocycles. The van der Waals surface area contributed by atoms with Crippen LogP contribution in [0.2, 0.25) is 0 Å². The predicted octanol–water partition coefficient (Wildman–Crippen LogP) is 4.33. The zero-order valence-corrected chi connectivity index (χ0v) is 18.9. The molecule has 0 atom stereocenters. The average Bonchev–Trinajstić information content (AvgIpc) is 2.72. The van der Waals surface area contributed by atoms with Crippen molar-refractivity contribution in [3.63, 3.8) is 0 Å². The van der Waals surface area contributed by atoms with E-state index in [1.165, 1.54) is 0 Å². The van der Waals surface area contributed by atoms with Crippen molar-refractivity contribution in [1.29, 1.82) is 0 Å². The molecule has 0 aliphatic heterocycles. The Morgan fingerprint density at radius 1 is 0.833 bits per heavy atom. The Labute approximate surface area is 180 Å². The fourth-order valence-corrected chi connectivity index (χ4v) is 2.77. The third-order valence-corrected chi connectivity index (χ3v) is 5.12. The van der Waals surface area contributed by atoms with Gasteiger partial charge in [0, 0.05) is 74.2 Å². The van der Waals surface area contributed by atoms with Gasteiger partial charge in [-0.05, 0) is 52.0 Å². The molecule has 0 unspecified atom stereocenters. The molecule has 0 aromatic heterocycles. The van der Waals surface area contributed by atoms with Gasteiger partial charge in [0.2, 0.25) is 0 Å². The zero-order chi connectivity index (χ0) is 22.3. The van der Waals surface area contributed by atoms with Gasteiger partial charge in [-0.1, -0.05) is 0 Å². The fourth-order valence-electron chi connectivity index (χ4n) is 2.77. The van der Waals surface area contributed by atoms with E-state index in [9.17, 15) is 10.2 Å². The first-order chi connectivity index (χ1) is 14.2. The number of hydrogen-bond donors (Lipinski definition) is 2. The summed E-state index contributed by atoms with van der Waals surface area (Å²) in [5.74, 6) is 0.415. The van der Waals surface area contributed by atoms with Crippen LogP contribution in [0.4, 0.5) is 11.4 Å². The van der Waals surface area contributed by atoms with Gasteiger partial charge in [-0.3, -0.25) is 9.98 Å². The molecule has 2 aromatic rings. The predicted molar refractivity (Wildman–Crippen MR) is 128 cm³/mol. The smallest absolute Gasteiger partial charge is 0.126 e. The van der Waals surface area contributed by atoms with Crippen LogP contribution in [0.15, 0.2) is 46.4 Å². The second kappa shape index (κ2) is 10.1. The average molecular weight is 411 g/mol. The molecule has 162 valence electrons. The quantitative estimate of drug-likeness (QED) is 0.604. The molecule has 0 aliphatic rings. The Morgan fingerprint density at radius 3 is 1.73 bits per heavy atom. The van der Waals surface area contributed by atoms with Crippen molar-refractivity contribution in [3.05, 3.63) is 47.5 Å². The Morgan fingerprint density at radius 2 is 1.30 bits per heavy atom. The lowest BCUT2D eigenvalue weighted by molar-refractivity contribution is 0.473. The van der Waals surface area contributed by atoms with Crippen molar-refractivity contribution in [3.8, 4) is 11.5 Å². The second-order valence-corrected chi connectivity index (χ2v) is 8.06. The van der Waals surface area contributed by atoms with Gasteiger partial charge in [0.1, 0.15) is 11.5 Å². The Hall–Kier alpha value is -3.02. The maximum absolute atomic E-state index is 10.3. The van der Waals surface area contributed by atoms with E-state index in [2.05, 4.69) is 33.6 Å². The van der Waals surface area contributed by atoms with Crippen LogP contribution in [0.1, 0.15) is 38.8 Å². The number of phenolic OH excluding ortho intramolecular Hbond substituents is 2. The van der Waals surface area contributed by atoms with Crippen LogP contribution in [-0.4, -0.2) is 61.9 Å². The molecular formula is C24H34N4O2.